The zero-order valence-corrected chi connectivity index (χ0v) is 11.5. The van der Waals surface area contributed by atoms with Gasteiger partial charge in [0.2, 0.25) is 0 Å². The summed E-state index contributed by atoms with van der Waals surface area (Å²) in [7, 11) is 0. The molecule has 0 atom stereocenters. The summed E-state index contributed by atoms with van der Waals surface area (Å²) in [5.41, 5.74) is 1.45. The monoisotopic (exact) mass is 303 g/mol. The van der Waals surface area contributed by atoms with Crippen LogP contribution in [0.25, 0.3) is 0 Å². The van der Waals surface area contributed by atoms with Gasteiger partial charge in [-0.25, -0.2) is 4.98 Å². The Balaban J connectivity index is 1.79. The molecule has 0 spiro atoms. The van der Waals surface area contributed by atoms with E-state index in [-0.39, 0.29) is 18.4 Å². The van der Waals surface area contributed by atoms with Crippen LogP contribution in [0.15, 0.2) is 36.5 Å². The fourth-order valence-corrected chi connectivity index (χ4v) is 1.99. The van der Waals surface area contributed by atoms with Crippen LogP contribution in [0.5, 0.6) is 5.75 Å². The number of pyridine rings is 1. The van der Waals surface area contributed by atoms with E-state index in [1.54, 1.807) is 24.3 Å². The van der Waals surface area contributed by atoms with E-state index < -0.39 is 0 Å². The molecule has 6 nitrogen and oxygen atoms in total. The third-order valence-electron chi connectivity index (χ3n) is 2.86. The van der Waals surface area contributed by atoms with Crippen LogP contribution < -0.4 is 15.4 Å². The number of ether oxygens (including phenoxy) is 1. The highest BCUT2D eigenvalue weighted by atomic mass is 35.5. The predicted molar refractivity (Wildman–Crippen MR) is 77.8 cm³/mol. The van der Waals surface area contributed by atoms with Crippen LogP contribution in [-0.2, 0) is 4.79 Å². The van der Waals surface area contributed by atoms with E-state index in [9.17, 15) is 9.59 Å². The maximum absolute atomic E-state index is 12.0. The van der Waals surface area contributed by atoms with Gasteiger partial charge in [0.1, 0.15) is 10.9 Å². The first-order chi connectivity index (χ1) is 10.1. The molecule has 0 unspecified atom stereocenters. The quantitative estimate of drug-likeness (QED) is 0.834. The topological polar surface area (TPSA) is 80.3 Å². The molecule has 2 amide bonds. The van der Waals surface area contributed by atoms with Crippen molar-refractivity contribution in [2.75, 3.05) is 17.2 Å². The van der Waals surface area contributed by atoms with Crippen molar-refractivity contribution in [2.24, 2.45) is 0 Å². The van der Waals surface area contributed by atoms with Crippen LogP contribution in [0.2, 0.25) is 5.15 Å². The van der Waals surface area contributed by atoms with E-state index in [1.807, 2.05) is 0 Å². The van der Waals surface area contributed by atoms with Gasteiger partial charge in [-0.3, -0.25) is 9.59 Å². The second-order valence-corrected chi connectivity index (χ2v) is 4.76. The van der Waals surface area contributed by atoms with Gasteiger partial charge in [0.15, 0.2) is 6.61 Å². The second-order valence-electron chi connectivity index (χ2n) is 4.37. The highest BCUT2D eigenvalue weighted by Gasteiger charge is 2.16. The van der Waals surface area contributed by atoms with E-state index in [4.69, 9.17) is 16.3 Å². The third-order valence-corrected chi connectivity index (χ3v) is 3.08. The molecule has 0 aliphatic carbocycles. The Morgan fingerprint density at radius 3 is 2.95 bits per heavy atom. The van der Waals surface area contributed by atoms with Crippen molar-refractivity contribution in [2.45, 2.75) is 0 Å². The SMILES string of the molecule is O=C1COc2ccc(NC(=O)c3ccc(Cl)nc3)cc2N1. The fraction of sp³-hybridized carbons (Fsp3) is 0.0714. The molecular weight excluding hydrogens is 294 g/mol. The molecule has 106 valence electrons. The van der Waals surface area contributed by atoms with Gasteiger partial charge in [0, 0.05) is 11.9 Å². The van der Waals surface area contributed by atoms with E-state index in [1.165, 1.54) is 12.3 Å². The lowest BCUT2D eigenvalue weighted by Crippen LogP contribution is -2.25. The number of aromatic nitrogens is 1. The van der Waals surface area contributed by atoms with Gasteiger partial charge in [0.05, 0.1) is 11.3 Å². The Kier molecular flexibility index (Phi) is 3.45. The summed E-state index contributed by atoms with van der Waals surface area (Å²) >= 11 is 5.67. The van der Waals surface area contributed by atoms with Gasteiger partial charge in [-0.05, 0) is 30.3 Å². The van der Waals surface area contributed by atoms with Crippen molar-refractivity contribution in [3.63, 3.8) is 0 Å². The molecule has 1 aliphatic rings. The normalized spacial score (nSPS) is 12.9. The van der Waals surface area contributed by atoms with Crippen molar-refractivity contribution in [3.05, 3.63) is 47.2 Å². The summed E-state index contributed by atoms with van der Waals surface area (Å²) in [6.07, 6.45) is 1.39. The number of hydrogen-bond donors (Lipinski definition) is 2. The predicted octanol–water partition coefficient (Wildman–Crippen LogP) is 2.32. The largest absolute Gasteiger partial charge is 0.482 e. The molecule has 3 rings (SSSR count). The van der Waals surface area contributed by atoms with Crippen LogP contribution in [-0.4, -0.2) is 23.4 Å². The lowest BCUT2D eigenvalue weighted by Gasteiger charge is -2.18. The molecule has 2 aromatic rings. The van der Waals surface area contributed by atoms with Crippen molar-refractivity contribution < 1.29 is 14.3 Å². The summed E-state index contributed by atoms with van der Waals surface area (Å²) in [4.78, 5) is 27.2. The van der Waals surface area contributed by atoms with Crippen LogP contribution in [0.1, 0.15) is 10.4 Å². The number of hydrogen-bond acceptors (Lipinski definition) is 4. The molecule has 0 bridgehead atoms. The first-order valence-corrected chi connectivity index (χ1v) is 6.49. The summed E-state index contributed by atoms with van der Waals surface area (Å²) < 4.78 is 5.24. The molecule has 0 saturated carbocycles. The van der Waals surface area contributed by atoms with Crippen LogP contribution >= 0.6 is 11.6 Å². The van der Waals surface area contributed by atoms with Gasteiger partial charge >= 0.3 is 0 Å². The lowest BCUT2D eigenvalue weighted by molar-refractivity contribution is -0.118. The molecule has 1 aromatic carbocycles. The molecule has 1 aliphatic heterocycles. The van der Waals surface area contributed by atoms with Gasteiger partial charge < -0.3 is 15.4 Å². The Labute approximate surface area is 125 Å². The standard InChI is InChI=1S/C14H10ClN3O3/c15-12-4-1-8(6-16-12)14(20)17-9-2-3-11-10(5-9)18-13(19)7-21-11/h1-6H,7H2,(H,17,20)(H,18,19). The van der Waals surface area contributed by atoms with Gasteiger partial charge in [-0.15, -0.1) is 0 Å². The number of carbonyl (C=O) groups is 2. The minimum absolute atomic E-state index is 0.00481. The van der Waals surface area contributed by atoms with Crippen LogP contribution in [0, 0.1) is 0 Å². The Morgan fingerprint density at radius 1 is 1.33 bits per heavy atom. The number of anilines is 2. The zero-order valence-electron chi connectivity index (χ0n) is 10.7. The highest BCUT2D eigenvalue weighted by molar-refractivity contribution is 6.29. The van der Waals surface area contributed by atoms with E-state index in [2.05, 4.69) is 15.6 Å². The number of nitrogens with one attached hydrogen (secondary N) is 2. The number of rotatable bonds is 2. The summed E-state index contributed by atoms with van der Waals surface area (Å²) in [6.45, 7) is -0.00481. The zero-order chi connectivity index (χ0) is 14.8. The second kappa shape index (κ2) is 5.41. The number of halogens is 1. The maximum atomic E-state index is 12.0. The molecule has 0 saturated heterocycles. The van der Waals surface area contributed by atoms with Gasteiger partial charge in [-0.2, -0.15) is 0 Å². The van der Waals surface area contributed by atoms with E-state index >= 15 is 0 Å². The minimum Gasteiger partial charge on any atom is -0.482 e. The average molecular weight is 304 g/mol. The molecule has 21 heavy (non-hydrogen) atoms. The first kappa shape index (κ1) is 13.4. The summed E-state index contributed by atoms with van der Waals surface area (Å²) in [6, 6.07) is 8.13. The van der Waals surface area contributed by atoms with Gasteiger partial charge in [-0.1, -0.05) is 11.6 Å². The Hall–Kier alpha value is -2.60. The molecule has 1 aromatic heterocycles. The summed E-state index contributed by atoms with van der Waals surface area (Å²) in [5.74, 6) is 0.0239. The Morgan fingerprint density at radius 2 is 2.19 bits per heavy atom. The number of fused-ring (bicyclic) bond motifs is 1. The highest BCUT2D eigenvalue weighted by Crippen LogP contribution is 2.30. The molecule has 7 heteroatoms. The van der Waals surface area contributed by atoms with Crippen LogP contribution in [0.3, 0.4) is 0 Å². The van der Waals surface area contributed by atoms with E-state index in [0.29, 0.717) is 27.8 Å². The first-order valence-electron chi connectivity index (χ1n) is 6.11. The number of benzene rings is 1. The molecule has 2 N–H and O–H groups in total. The number of carbonyl (C=O) groups excluding carboxylic acids is 2. The van der Waals surface area contributed by atoms with Crippen molar-refractivity contribution >= 4 is 34.8 Å². The molecule has 0 fully saturated rings. The van der Waals surface area contributed by atoms with E-state index in [0.717, 1.165) is 0 Å². The van der Waals surface area contributed by atoms with Crippen molar-refractivity contribution in [1.29, 1.82) is 0 Å². The van der Waals surface area contributed by atoms with Gasteiger partial charge in [0.25, 0.3) is 11.8 Å². The average Bonchev–Trinajstić information content (AvgIpc) is 2.47. The number of nitrogens with zero attached hydrogens (tertiary/aromatic N) is 1. The molecule has 0 radical (unpaired) electrons. The molecular formula is C14H10ClN3O3. The van der Waals surface area contributed by atoms with Crippen molar-refractivity contribution in [1.82, 2.24) is 4.98 Å². The third kappa shape index (κ3) is 2.95. The minimum atomic E-state index is -0.317. The Bertz CT molecular complexity index is 716. The van der Waals surface area contributed by atoms with Crippen LogP contribution in [0.4, 0.5) is 11.4 Å². The number of amides is 2. The molecule has 2 heterocycles. The van der Waals surface area contributed by atoms with Crippen molar-refractivity contribution in [3.8, 4) is 5.75 Å². The smallest absolute Gasteiger partial charge is 0.262 e. The maximum Gasteiger partial charge on any atom is 0.262 e. The lowest BCUT2D eigenvalue weighted by atomic mass is 10.2. The fourth-order valence-electron chi connectivity index (χ4n) is 1.87. The summed E-state index contributed by atoms with van der Waals surface area (Å²) in [5, 5.41) is 5.71.